The maximum absolute atomic E-state index is 6.15. The molecule has 0 radical (unpaired) electrons. The first-order valence-electron chi connectivity index (χ1n) is 5.03. The van der Waals surface area contributed by atoms with Gasteiger partial charge in [0, 0.05) is 16.6 Å². The van der Waals surface area contributed by atoms with Gasteiger partial charge in [0.2, 0.25) is 6.79 Å². The number of halogens is 1. The SMILES string of the molecule is NC1(Cc2cc3c(cc2Cl)OCO3)CC1. The number of hydrogen-bond acceptors (Lipinski definition) is 3. The van der Waals surface area contributed by atoms with Crippen LogP contribution < -0.4 is 15.2 Å². The number of benzene rings is 1. The van der Waals surface area contributed by atoms with E-state index >= 15 is 0 Å². The largest absolute Gasteiger partial charge is 0.454 e. The Morgan fingerprint density at radius 1 is 1.27 bits per heavy atom. The zero-order chi connectivity index (χ0) is 10.5. The fraction of sp³-hybridized carbons (Fsp3) is 0.455. The van der Waals surface area contributed by atoms with E-state index < -0.39 is 0 Å². The van der Waals surface area contributed by atoms with Crippen molar-refractivity contribution in [3.63, 3.8) is 0 Å². The second kappa shape index (κ2) is 3.03. The van der Waals surface area contributed by atoms with E-state index in [9.17, 15) is 0 Å². The van der Waals surface area contributed by atoms with Crippen molar-refractivity contribution in [3.8, 4) is 11.5 Å². The van der Waals surface area contributed by atoms with Crippen LogP contribution in [0.15, 0.2) is 12.1 Å². The minimum absolute atomic E-state index is 0.0304. The first-order chi connectivity index (χ1) is 7.16. The van der Waals surface area contributed by atoms with Gasteiger partial charge in [-0.15, -0.1) is 0 Å². The minimum atomic E-state index is -0.0304. The molecule has 2 N–H and O–H groups in total. The second-order valence-electron chi connectivity index (χ2n) is 4.34. The predicted octanol–water partition coefficient (Wildman–Crippen LogP) is 2.10. The molecular formula is C11H12ClNO2. The third kappa shape index (κ3) is 1.66. The van der Waals surface area contributed by atoms with Gasteiger partial charge in [-0.3, -0.25) is 0 Å². The predicted molar refractivity (Wildman–Crippen MR) is 57.4 cm³/mol. The van der Waals surface area contributed by atoms with Crippen LogP contribution in [0.3, 0.4) is 0 Å². The maximum atomic E-state index is 6.15. The van der Waals surface area contributed by atoms with Crippen molar-refractivity contribution in [1.29, 1.82) is 0 Å². The van der Waals surface area contributed by atoms with E-state index in [1.165, 1.54) is 0 Å². The summed E-state index contributed by atoms with van der Waals surface area (Å²) in [5, 5.41) is 0.718. The van der Waals surface area contributed by atoms with Crippen LogP contribution in [0.5, 0.6) is 11.5 Å². The van der Waals surface area contributed by atoms with Crippen LogP contribution in [-0.2, 0) is 6.42 Å². The molecule has 0 atom stereocenters. The number of fused-ring (bicyclic) bond motifs is 1. The van der Waals surface area contributed by atoms with Crippen LogP contribution in [-0.4, -0.2) is 12.3 Å². The zero-order valence-electron chi connectivity index (χ0n) is 8.25. The van der Waals surface area contributed by atoms with Gasteiger partial charge in [0.15, 0.2) is 11.5 Å². The summed E-state index contributed by atoms with van der Waals surface area (Å²) in [5.74, 6) is 1.50. The molecule has 0 spiro atoms. The maximum Gasteiger partial charge on any atom is 0.231 e. The van der Waals surface area contributed by atoms with E-state index in [1.54, 1.807) is 0 Å². The first kappa shape index (κ1) is 9.31. The molecule has 0 unspecified atom stereocenters. The normalized spacial score (nSPS) is 20.4. The molecule has 0 aromatic heterocycles. The molecule has 2 aliphatic rings. The molecule has 0 bridgehead atoms. The van der Waals surface area contributed by atoms with E-state index in [-0.39, 0.29) is 12.3 Å². The summed E-state index contributed by atoms with van der Waals surface area (Å²) in [6, 6.07) is 3.75. The Bertz CT molecular complexity index is 415. The molecule has 4 heteroatoms. The molecule has 0 saturated heterocycles. The van der Waals surface area contributed by atoms with Crippen LogP contribution in [0, 0.1) is 0 Å². The van der Waals surface area contributed by atoms with Crippen molar-refractivity contribution in [2.75, 3.05) is 6.79 Å². The smallest absolute Gasteiger partial charge is 0.231 e. The summed E-state index contributed by atoms with van der Waals surface area (Å²) in [6.45, 7) is 0.281. The van der Waals surface area contributed by atoms with Crippen LogP contribution in [0.25, 0.3) is 0 Å². The molecule has 0 amide bonds. The van der Waals surface area contributed by atoms with Gasteiger partial charge >= 0.3 is 0 Å². The molecule has 1 aliphatic carbocycles. The Morgan fingerprint density at radius 2 is 1.93 bits per heavy atom. The summed E-state index contributed by atoms with van der Waals surface area (Å²) in [7, 11) is 0. The molecule has 3 nitrogen and oxygen atoms in total. The molecule has 1 heterocycles. The van der Waals surface area contributed by atoms with Gasteiger partial charge in [-0.1, -0.05) is 11.6 Å². The van der Waals surface area contributed by atoms with Crippen molar-refractivity contribution in [3.05, 3.63) is 22.7 Å². The summed E-state index contributed by atoms with van der Waals surface area (Å²) in [4.78, 5) is 0. The average molecular weight is 226 g/mol. The molecular weight excluding hydrogens is 214 g/mol. The van der Waals surface area contributed by atoms with E-state index in [0.717, 1.165) is 41.3 Å². The molecule has 1 aromatic carbocycles. The molecule has 15 heavy (non-hydrogen) atoms. The lowest BCUT2D eigenvalue weighted by Gasteiger charge is -2.10. The molecule has 1 saturated carbocycles. The van der Waals surface area contributed by atoms with Crippen molar-refractivity contribution in [1.82, 2.24) is 0 Å². The van der Waals surface area contributed by atoms with Gasteiger partial charge < -0.3 is 15.2 Å². The summed E-state index contributed by atoms with van der Waals surface area (Å²) >= 11 is 6.15. The molecule has 1 aliphatic heterocycles. The molecule has 3 rings (SSSR count). The topological polar surface area (TPSA) is 44.5 Å². The van der Waals surface area contributed by atoms with Crippen LogP contribution in [0.1, 0.15) is 18.4 Å². The van der Waals surface area contributed by atoms with Gasteiger partial charge in [-0.05, 0) is 30.9 Å². The highest BCUT2D eigenvalue weighted by Crippen LogP contribution is 2.41. The quantitative estimate of drug-likeness (QED) is 0.839. The van der Waals surface area contributed by atoms with E-state index in [1.807, 2.05) is 12.1 Å². The Hall–Kier alpha value is -0.930. The summed E-state index contributed by atoms with van der Waals surface area (Å²) < 4.78 is 10.5. The van der Waals surface area contributed by atoms with Crippen molar-refractivity contribution in [2.24, 2.45) is 5.73 Å². The Balaban J connectivity index is 1.94. The molecule has 1 aromatic rings. The lowest BCUT2D eigenvalue weighted by Crippen LogP contribution is -2.24. The molecule has 80 valence electrons. The Morgan fingerprint density at radius 3 is 2.60 bits per heavy atom. The van der Waals surface area contributed by atoms with Crippen LogP contribution >= 0.6 is 11.6 Å². The van der Waals surface area contributed by atoms with E-state index in [0.29, 0.717) is 0 Å². The lowest BCUT2D eigenvalue weighted by molar-refractivity contribution is 0.174. The number of rotatable bonds is 2. The fourth-order valence-electron chi connectivity index (χ4n) is 1.81. The van der Waals surface area contributed by atoms with Crippen LogP contribution in [0.2, 0.25) is 5.02 Å². The standard InChI is InChI=1S/C11H12ClNO2/c12-8-4-10-9(14-6-15-10)3-7(8)5-11(13)1-2-11/h3-4H,1-2,5-6,13H2. The van der Waals surface area contributed by atoms with Crippen LogP contribution in [0.4, 0.5) is 0 Å². The summed E-state index contributed by atoms with van der Waals surface area (Å²) in [5.41, 5.74) is 7.09. The monoisotopic (exact) mass is 225 g/mol. The third-order valence-electron chi connectivity index (χ3n) is 2.98. The summed E-state index contributed by atoms with van der Waals surface area (Å²) in [6.07, 6.45) is 2.98. The van der Waals surface area contributed by atoms with Gasteiger partial charge in [0.25, 0.3) is 0 Å². The Kier molecular flexibility index (Phi) is 1.88. The number of hydrogen-bond donors (Lipinski definition) is 1. The molecule has 1 fully saturated rings. The van der Waals surface area contributed by atoms with Gasteiger partial charge in [-0.2, -0.15) is 0 Å². The highest BCUT2D eigenvalue weighted by atomic mass is 35.5. The van der Waals surface area contributed by atoms with E-state index in [4.69, 9.17) is 26.8 Å². The first-order valence-corrected chi connectivity index (χ1v) is 5.41. The number of ether oxygens (including phenoxy) is 2. The van der Waals surface area contributed by atoms with Crippen molar-refractivity contribution < 1.29 is 9.47 Å². The van der Waals surface area contributed by atoms with Gasteiger partial charge in [-0.25, -0.2) is 0 Å². The number of nitrogens with two attached hydrogens (primary N) is 1. The third-order valence-corrected chi connectivity index (χ3v) is 3.33. The Labute approximate surface area is 93.1 Å². The second-order valence-corrected chi connectivity index (χ2v) is 4.74. The van der Waals surface area contributed by atoms with Gasteiger partial charge in [0.05, 0.1) is 0 Å². The fourth-order valence-corrected chi connectivity index (χ4v) is 2.03. The van der Waals surface area contributed by atoms with Crippen molar-refractivity contribution in [2.45, 2.75) is 24.8 Å². The minimum Gasteiger partial charge on any atom is -0.454 e. The van der Waals surface area contributed by atoms with Gasteiger partial charge in [0.1, 0.15) is 0 Å². The highest BCUT2D eigenvalue weighted by molar-refractivity contribution is 6.31. The van der Waals surface area contributed by atoms with Crippen molar-refractivity contribution >= 4 is 11.6 Å². The zero-order valence-corrected chi connectivity index (χ0v) is 9.01. The highest BCUT2D eigenvalue weighted by Gasteiger charge is 2.38. The lowest BCUT2D eigenvalue weighted by atomic mass is 10.0. The average Bonchev–Trinajstić information content (AvgIpc) is 2.74. The van der Waals surface area contributed by atoms with E-state index in [2.05, 4.69) is 0 Å².